The highest BCUT2D eigenvalue weighted by Gasteiger charge is 2.16. The second-order valence-electron chi connectivity index (χ2n) is 7.49. The maximum Gasteiger partial charge on any atom is 0.407 e. The number of amides is 2. The summed E-state index contributed by atoms with van der Waals surface area (Å²) in [6.07, 6.45) is 3.13. The van der Waals surface area contributed by atoms with Crippen molar-refractivity contribution in [3.05, 3.63) is 5.82 Å². The van der Waals surface area contributed by atoms with E-state index in [1.165, 1.54) is 23.1 Å². The summed E-state index contributed by atoms with van der Waals surface area (Å²) in [5, 5.41) is 15.6. The highest BCUT2D eigenvalue weighted by molar-refractivity contribution is 8.01. The molecule has 0 aliphatic heterocycles. The van der Waals surface area contributed by atoms with Crippen LogP contribution in [0.15, 0.2) is 4.34 Å². The Morgan fingerprint density at radius 2 is 1.96 bits per heavy atom. The second kappa shape index (κ2) is 10.1. The maximum atomic E-state index is 11.7. The number of carbonyl (C=O) groups excluding carboxylic acids is 2. The van der Waals surface area contributed by atoms with Crippen molar-refractivity contribution < 1.29 is 14.3 Å². The van der Waals surface area contributed by atoms with Gasteiger partial charge in [0.15, 0.2) is 10.2 Å². The summed E-state index contributed by atoms with van der Waals surface area (Å²) in [4.78, 5) is 25.6. The van der Waals surface area contributed by atoms with Crippen molar-refractivity contribution in [3.8, 4) is 0 Å². The van der Waals surface area contributed by atoms with Gasteiger partial charge in [-0.1, -0.05) is 29.5 Å². The van der Waals surface area contributed by atoms with E-state index in [9.17, 15) is 9.59 Å². The molecule has 0 bridgehead atoms. The third-order valence-corrected chi connectivity index (χ3v) is 5.62. The Kier molecular flexibility index (Phi) is 8.05. The van der Waals surface area contributed by atoms with Gasteiger partial charge in [0, 0.05) is 27.1 Å². The molecule has 2 aromatic rings. The molecule has 1 N–H and O–H groups in total. The predicted molar refractivity (Wildman–Crippen MR) is 110 cm³/mol. The fraction of sp³-hybridized carbons (Fsp3) is 0.706. The van der Waals surface area contributed by atoms with Crippen LogP contribution >= 0.6 is 23.1 Å². The predicted octanol–water partition coefficient (Wildman–Crippen LogP) is 2.60. The highest BCUT2D eigenvalue weighted by atomic mass is 32.2. The van der Waals surface area contributed by atoms with E-state index in [-0.39, 0.29) is 12.0 Å². The Morgan fingerprint density at radius 3 is 2.64 bits per heavy atom. The third-order valence-electron chi connectivity index (χ3n) is 3.60. The minimum Gasteiger partial charge on any atom is -0.444 e. The number of alkyl carbamates (subject to hydrolysis) is 1. The summed E-state index contributed by atoms with van der Waals surface area (Å²) in [7, 11) is 3.48. The van der Waals surface area contributed by atoms with Crippen LogP contribution in [0.3, 0.4) is 0 Å². The molecule has 0 atom stereocenters. The van der Waals surface area contributed by atoms with Crippen molar-refractivity contribution in [3.63, 3.8) is 0 Å². The number of carbonyl (C=O) groups is 2. The van der Waals surface area contributed by atoms with Gasteiger partial charge in [0.2, 0.25) is 10.9 Å². The zero-order valence-corrected chi connectivity index (χ0v) is 18.7. The largest absolute Gasteiger partial charge is 0.444 e. The van der Waals surface area contributed by atoms with Crippen molar-refractivity contribution in [2.45, 2.75) is 56.4 Å². The molecule has 0 radical (unpaired) electrons. The van der Waals surface area contributed by atoms with Crippen LogP contribution in [0.5, 0.6) is 0 Å². The van der Waals surface area contributed by atoms with Gasteiger partial charge in [0.1, 0.15) is 5.60 Å². The van der Waals surface area contributed by atoms with Gasteiger partial charge in [0.05, 0.1) is 5.75 Å². The summed E-state index contributed by atoms with van der Waals surface area (Å²) in [6, 6.07) is 0. The molecule has 156 valence electrons. The standard InChI is InChI=1S/C17H28N6O3S2/c1-17(2,3)26-15(25)18-10-8-6-7-9-12-19-20-14-23(12)21-16(28-14)27-11-13(24)22(4)5/h6-11H2,1-5H3,(H,18,25). The number of hydrogen-bond donors (Lipinski definition) is 1. The summed E-state index contributed by atoms with van der Waals surface area (Å²) < 4.78 is 7.76. The van der Waals surface area contributed by atoms with Crippen LogP contribution < -0.4 is 5.32 Å². The van der Waals surface area contributed by atoms with Gasteiger partial charge in [0.25, 0.3) is 0 Å². The number of aromatic nitrogens is 4. The Hall–Kier alpha value is -1.88. The van der Waals surface area contributed by atoms with Crippen LogP contribution in [-0.2, 0) is 16.0 Å². The van der Waals surface area contributed by atoms with Crippen LogP contribution in [-0.4, -0.2) is 68.7 Å². The lowest BCUT2D eigenvalue weighted by atomic mass is 10.2. The number of aryl methyl sites for hydroxylation is 1. The molecule has 9 nitrogen and oxygen atoms in total. The number of nitrogens with zero attached hydrogens (tertiary/aromatic N) is 5. The molecule has 2 amide bonds. The van der Waals surface area contributed by atoms with E-state index in [0.717, 1.165) is 40.8 Å². The molecule has 0 unspecified atom stereocenters. The maximum absolute atomic E-state index is 11.7. The lowest BCUT2D eigenvalue weighted by molar-refractivity contribution is -0.125. The lowest BCUT2D eigenvalue weighted by Gasteiger charge is -2.19. The van der Waals surface area contributed by atoms with Crippen molar-refractivity contribution >= 4 is 40.1 Å². The number of hydrogen-bond acceptors (Lipinski definition) is 8. The molecular formula is C17H28N6O3S2. The monoisotopic (exact) mass is 428 g/mol. The van der Waals surface area contributed by atoms with Crippen molar-refractivity contribution in [1.82, 2.24) is 30.0 Å². The molecule has 0 aromatic carbocycles. The number of rotatable bonds is 9. The Labute approximate surface area is 173 Å². The summed E-state index contributed by atoms with van der Waals surface area (Å²) in [5.41, 5.74) is -0.479. The fourth-order valence-corrected chi connectivity index (χ4v) is 4.07. The topological polar surface area (TPSA) is 102 Å². The van der Waals surface area contributed by atoms with Gasteiger partial charge in [-0.25, -0.2) is 4.79 Å². The van der Waals surface area contributed by atoms with Gasteiger partial charge in [-0.15, -0.1) is 15.3 Å². The van der Waals surface area contributed by atoms with Crippen LogP contribution in [0, 0.1) is 0 Å². The van der Waals surface area contributed by atoms with E-state index < -0.39 is 5.60 Å². The molecule has 11 heteroatoms. The van der Waals surface area contributed by atoms with Gasteiger partial charge < -0.3 is 15.0 Å². The number of nitrogens with one attached hydrogen (secondary N) is 1. The quantitative estimate of drug-likeness (QED) is 0.484. The zero-order chi connectivity index (χ0) is 20.7. The molecule has 0 fully saturated rings. The van der Waals surface area contributed by atoms with E-state index in [0.29, 0.717) is 12.3 Å². The molecule has 0 aliphatic rings. The van der Waals surface area contributed by atoms with E-state index >= 15 is 0 Å². The normalized spacial score (nSPS) is 11.6. The van der Waals surface area contributed by atoms with Gasteiger partial charge in [-0.2, -0.15) is 4.52 Å². The molecule has 2 aromatic heterocycles. The van der Waals surface area contributed by atoms with E-state index in [4.69, 9.17) is 4.74 Å². The summed E-state index contributed by atoms with van der Waals surface area (Å²) in [5.74, 6) is 1.23. The van der Waals surface area contributed by atoms with Crippen molar-refractivity contribution in [2.24, 2.45) is 0 Å². The van der Waals surface area contributed by atoms with Crippen molar-refractivity contribution in [1.29, 1.82) is 0 Å². The van der Waals surface area contributed by atoms with E-state index in [1.807, 2.05) is 20.8 Å². The summed E-state index contributed by atoms with van der Waals surface area (Å²) >= 11 is 2.85. The van der Waals surface area contributed by atoms with Crippen molar-refractivity contribution in [2.75, 3.05) is 26.4 Å². The van der Waals surface area contributed by atoms with Gasteiger partial charge >= 0.3 is 6.09 Å². The van der Waals surface area contributed by atoms with Crippen LogP contribution in [0.1, 0.15) is 45.9 Å². The Bertz CT molecular complexity index is 797. The zero-order valence-electron chi connectivity index (χ0n) is 17.0. The molecule has 2 rings (SSSR count). The highest BCUT2D eigenvalue weighted by Crippen LogP contribution is 2.25. The van der Waals surface area contributed by atoms with E-state index in [1.54, 1.807) is 23.5 Å². The van der Waals surface area contributed by atoms with Gasteiger partial charge in [-0.3, -0.25) is 4.79 Å². The van der Waals surface area contributed by atoms with E-state index in [2.05, 4.69) is 20.6 Å². The van der Waals surface area contributed by atoms with Gasteiger partial charge in [-0.05, 0) is 33.6 Å². The number of thioether (sulfide) groups is 1. The molecule has 0 saturated heterocycles. The molecule has 0 aliphatic carbocycles. The molecular weight excluding hydrogens is 400 g/mol. The van der Waals surface area contributed by atoms with Crippen LogP contribution in [0.2, 0.25) is 0 Å². The Balaban J connectivity index is 1.71. The lowest BCUT2D eigenvalue weighted by Crippen LogP contribution is -2.32. The first-order chi connectivity index (χ1) is 13.2. The molecule has 0 spiro atoms. The average Bonchev–Trinajstić information content (AvgIpc) is 3.14. The fourth-order valence-electron chi connectivity index (χ4n) is 2.20. The number of fused-ring (bicyclic) bond motifs is 1. The van der Waals surface area contributed by atoms with Crippen LogP contribution in [0.25, 0.3) is 4.96 Å². The van der Waals surface area contributed by atoms with Crippen LogP contribution in [0.4, 0.5) is 4.79 Å². The molecule has 28 heavy (non-hydrogen) atoms. The first-order valence-corrected chi connectivity index (χ1v) is 11.0. The minimum atomic E-state index is -0.479. The first kappa shape index (κ1) is 22.4. The smallest absolute Gasteiger partial charge is 0.407 e. The minimum absolute atomic E-state index is 0.0520. The number of unbranched alkanes of at least 4 members (excludes halogenated alkanes) is 2. The molecule has 0 saturated carbocycles. The average molecular weight is 429 g/mol. The first-order valence-electron chi connectivity index (χ1n) is 9.16. The summed E-state index contributed by atoms with van der Waals surface area (Å²) in [6.45, 7) is 6.11. The Morgan fingerprint density at radius 1 is 1.21 bits per heavy atom. The third kappa shape index (κ3) is 7.27. The second-order valence-corrected chi connectivity index (χ2v) is 9.67. The molecule has 2 heterocycles. The SMILES string of the molecule is CN(C)C(=O)CSc1nn2c(CCCCCNC(=O)OC(C)(C)C)nnc2s1. The number of ether oxygens (including phenoxy) is 1.